The van der Waals surface area contributed by atoms with Crippen LogP contribution in [0, 0.1) is 0 Å². The SMILES string of the molecule is O=c1c2ccccc2c2cc(-c3ccccc3)cc3c4cc(-c5cccc(-n6c7ccccc7c7c(-c8ccccc8)cccc76)c5)ccc4n1c23. The van der Waals surface area contributed by atoms with Crippen LogP contribution in [0.25, 0.3) is 98.8 Å². The third kappa shape index (κ3) is 4.11. The summed E-state index contributed by atoms with van der Waals surface area (Å²) in [6, 6.07) is 64.4. The summed E-state index contributed by atoms with van der Waals surface area (Å²) < 4.78 is 4.32. The molecule has 11 aromatic rings. The molecule has 0 aliphatic rings. The van der Waals surface area contributed by atoms with E-state index in [-0.39, 0.29) is 5.56 Å². The quantitative estimate of drug-likeness (QED) is 0.172. The zero-order valence-electron chi connectivity index (χ0n) is 28.1. The zero-order valence-corrected chi connectivity index (χ0v) is 28.1. The number of hydrogen-bond donors (Lipinski definition) is 0. The molecule has 0 unspecified atom stereocenters. The number of fused-ring (bicyclic) bond motifs is 8. The molecule has 242 valence electrons. The molecule has 0 N–H and O–H groups in total. The first-order chi connectivity index (χ1) is 25.7. The van der Waals surface area contributed by atoms with Crippen molar-refractivity contribution in [2.45, 2.75) is 0 Å². The van der Waals surface area contributed by atoms with E-state index in [1.165, 1.54) is 32.9 Å². The Morgan fingerprint density at radius 1 is 0.346 bits per heavy atom. The predicted octanol–water partition coefficient (Wildman–Crippen LogP) is 12.3. The number of pyridine rings is 1. The van der Waals surface area contributed by atoms with Gasteiger partial charge in [0.25, 0.3) is 5.56 Å². The van der Waals surface area contributed by atoms with Crippen molar-refractivity contribution < 1.29 is 0 Å². The van der Waals surface area contributed by atoms with Crippen molar-refractivity contribution in [3.63, 3.8) is 0 Å². The van der Waals surface area contributed by atoms with Crippen LogP contribution in [0.3, 0.4) is 0 Å². The van der Waals surface area contributed by atoms with Crippen LogP contribution in [-0.4, -0.2) is 8.97 Å². The molecular formula is C49H30N2O. The van der Waals surface area contributed by atoms with Gasteiger partial charge in [0.15, 0.2) is 0 Å². The summed E-state index contributed by atoms with van der Waals surface area (Å²) in [5, 5.41) is 7.46. The number of aromatic nitrogens is 2. The first-order valence-electron chi connectivity index (χ1n) is 17.7. The zero-order chi connectivity index (χ0) is 34.3. The predicted molar refractivity (Wildman–Crippen MR) is 218 cm³/mol. The van der Waals surface area contributed by atoms with Gasteiger partial charge in [0.1, 0.15) is 0 Å². The smallest absolute Gasteiger partial charge is 0.263 e. The number of nitrogens with zero attached hydrogens (tertiary/aromatic N) is 2. The maximum absolute atomic E-state index is 14.1. The maximum Gasteiger partial charge on any atom is 0.263 e. The molecule has 3 heteroatoms. The topological polar surface area (TPSA) is 26.4 Å². The molecule has 0 saturated heterocycles. The van der Waals surface area contributed by atoms with Crippen LogP contribution < -0.4 is 5.56 Å². The first-order valence-corrected chi connectivity index (χ1v) is 17.7. The van der Waals surface area contributed by atoms with Crippen LogP contribution in [0.2, 0.25) is 0 Å². The van der Waals surface area contributed by atoms with Gasteiger partial charge in [0.05, 0.1) is 22.1 Å². The van der Waals surface area contributed by atoms with Crippen LogP contribution in [0.1, 0.15) is 0 Å². The maximum atomic E-state index is 14.1. The molecule has 0 aliphatic heterocycles. The van der Waals surface area contributed by atoms with Crippen LogP contribution in [0.5, 0.6) is 0 Å². The molecule has 0 saturated carbocycles. The summed E-state index contributed by atoms with van der Waals surface area (Å²) in [4.78, 5) is 14.1. The summed E-state index contributed by atoms with van der Waals surface area (Å²) in [6.07, 6.45) is 0. The number of para-hydroxylation sites is 1. The minimum absolute atomic E-state index is 0.0199. The third-order valence-corrected chi connectivity index (χ3v) is 10.8. The lowest BCUT2D eigenvalue weighted by atomic mass is 9.97. The van der Waals surface area contributed by atoms with Gasteiger partial charge in [-0.3, -0.25) is 9.20 Å². The van der Waals surface area contributed by atoms with E-state index >= 15 is 0 Å². The van der Waals surface area contributed by atoms with Crippen molar-refractivity contribution in [3.8, 4) is 39.1 Å². The Morgan fingerprint density at radius 2 is 0.942 bits per heavy atom. The fourth-order valence-corrected chi connectivity index (χ4v) is 8.55. The Morgan fingerprint density at radius 3 is 1.75 bits per heavy atom. The van der Waals surface area contributed by atoms with E-state index in [1.807, 2.05) is 28.7 Å². The molecule has 52 heavy (non-hydrogen) atoms. The molecule has 3 nitrogen and oxygen atoms in total. The third-order valence-electron chi connectivity index (χ3n) is 10.8. The second kappa shape index (κ2) is 11.0. The molecule has 8 aromatic carbocycles. The van der Waals surface area contributed by atoms with E-state index in [0.717, 1.165) is 65.9 Å². The van der Waals surface area contributed by atoms with Crippen LogP contribution >= 0.6 is 0 Å². The van der Waals surface area contributed by atoms with Gasteiger partial charge in [-0.25, -0.2) is 0 Å². The van der Waals surface area contributed by atoms with Crippen molar-refractivity contribution in [1.29, 1.82) is 0 Å². The van der Waals surface area contributed by atoms with Crippen LogP contribution in [0.15, 0.2) is 187 Å². The number of rotatable bonds is 4. The molecule has 0 spiro atoms. The summed E-state index contributed by atoms with van der Waals surface area (Å²) in [6.45, 7) is 0. The summed E-state index contributed by atoms with van der Waals surface area (Å²) in [5.74, 6) is 0. The molecule has 0 fully saturated rings. The van der Waals surface area contributed by atoms with Gasteiger partial charge < -0.3 is 4.57 Å². The van der Waals surface area contributed by atoms with Crippen molar-refractivity contribution in [2.75, 3.05) is 0 Å². The van der Waals surface area contributed by atoms with E-state index in [4.69, 9.17) is 0 Å². The van der Waals surface area contributed by atoms with Crippen molar-refractivity contribution in [3.05, 3.63) is 192 Å². The molecular weight excluding hydrogens is 633 g/mol. The van der Waals surface area contributed by atoms with E-state index in [2.05, 4.69) is 162 Å². The van der Waals surface area contributed by atoms with Gasteiger partial charge in [-0.1, -0.05) is 127 Å². The normalized spacial score (nSPS) is 11.9. The summed E-state index contributed by atoms with van der Waals surface area (Å²) in [7, 11) is 0. The monoisotopic (exact) mass is 662 g/mol. The first kappa shape index (κ1) is 28.8. The molecule has 11 rings (SSSR count). The van der Waals surface area contributed by atoms with E-state index in [1.54, 1.807) is 0 Å². The van der Waals surface area contributed by atoms with Gasteiger partial charge in [-0.05, 0) is 93.4 Å². The Hall–Kier alpha value is -6.97. The minimum Gasteiger partial charge on any atom is -0.309 e. The fraction of sp³-hybridized carbons (Fsp3) is 0. The highest BCUT2D eigenvalue weighted by Crippen LogP contribution is 2.41. The molecule has 0 aliphatic carbocycles. The van der Waals surface area contributed by atoms with Gasteiger partial charge >= 0.3 is 0 Å². The lowest BCUT2D eigenvalue weighted by Gasteiger charge is -2.11. The average Bonchev–Trinajstić information content (AvgIpc) is 3.74. The van der Waals surface area contributed by atoms with Crippen molar-refractivity contribution >= 4 is 59.8 Å². The van der Waals surface area contributed by atoms with Gasteiger partial charge in [-0.2, -0.15) is 0 Å². The second-order valence-electron chi connectivity index (χ2n) is 13.7. The Kier molecular flexibility index (Phi) is 6.11. The van der Waals surface area contributed by atoms with E-state index < -0.39 is 0 Å². The van der Waals surface area contributed by atoms with Crippen LogP contribution in [-0.2, 0) is 0 Å². The molecule has 3 heterocycles. The van der Waals surface area contributed by atoms with Gasteiger partial charge in [0.2, 0.25) is 0 Å². The standard InChI is InChI=1S/C49H30N2O/c52-49-39-20-8-7-19-38(39)42-29-35(31-13-3-1-4-14-31)30-43-41-28-34(25-26-45(41)51(49)48(42)43)33-17-11-18-36(27-33)50-44-23-10-9-21-40(44)47-37(22-12-24-46(47)50)32-15-5-2-6-16-32/h1-30H. The highest BCUT2D eigenvalue weighted by atomic mass is 16.1. The molecule has 0 amide bonds. The second-order valence-corrected chi connectivity index (χ2v) is 13.7. The van der Waals surface area contributed by atoms with E-state index in [9.17, 15) is 4.79 Å². The molecule has 0 atom stereocenters. The van der Waals surface area contributed by atoms with Crippen molar-refractivity contribution in [1.82, 2.24) is 8.97 Å². The number of hydrogen-bond acceptors (Lipinski definition) is 1. The van der Waals surface area contributed by atoms with E-state index in [0.29, 0.717) is 0 Å². The highest BCUT2D eigenvalue weighted by molar-refractivity contribution is 6.22. The lowest BCUT2D eigenvalue weighted by molar-refractivity contribution is 1.18. The van der Waals surface area contributed by atoms with Gasteiger partial charge in [0, 0.05) is 38.0 Å². The van der Waals surface area contributed by atoms with Gasteiger partial charge in [-0.15, -0.1) is 0 Å². The Balaban J connectivity index is 1.15. The average molecular weight is 663 g/mol. The highest BCUT2D eigenvalue weighted by Gasteiger charge is 2.20. The molecule has 0 bridgehead atoms. The fourth-order valence-electron chi connectivity index (χ4n) is 8.55. The Bertz CT molecular complexity index is 3240. The lowest BCUT2D eigenvalue weighted by Crippen LogP contribution is -2.12. The minimum atomic E-state index is 0.0199. The summed E-state index contributed by atoms with van der Waals surface area (Å²) in [5.41, 5.74) is 12.3. The molecule has 3 aromatic heterocycles. The largest absolute Gasteiger partial charge is 0.309 e. The van der Waals surface area contributed by atoms with Crippen molar-refractivity contribution in [2.24, 2.45) is 0 Å². The van der Waals surface area contributed by atoms with Crippen LogP contribution in [0.4, 0.5) is 0 Å². The Labute approximate surface area is 299 Å². The number of benzene rings is 8. The summed E-state index contributed by atoms with van der Waals surface area (Å²) >= 11 is 0. The molecule has 0 radical (unpaired) electrons.